The Morgan fingerprint density at radius 2 is 1.90 bits per heavy atom. The van der Waals surface area contributed by atoms with E-state index in [9.17, 15) is 4.79 Å². The number of nitrogen functional groups attached to an aromatic ring is 1. The maximum atomic E-state index is 11.9. The lowest BCUT2D eigenvalue weighted by Crippen LogP contribution is -2.12. The quantitative estimate of drug-likeness (QED) is 0.600. The van der Waals surface area contributed by atoms with E-state index in [4.69, 9.17) is 17.3 Å². The van der Waals surface area contributed by atoms with Crippen molar-refractivity contribution in [2.24, 2.45) is 0 Å². The summed E-state index contributed by atoms with van der Waals surface area (Å²) >= 11 is 8.25. The highest BCUT2D eigenvalue weighted by Gasteiger charge is 2.06. The Bertz CT molecular complexity index is 614. The molecule has 0 spiro atoms. The second-order valence-corrected chi connectivity index (χ2v) is 6.07. The van der Waals surface area contributed by atoms with E-state index in [0.29, 0.717) is 23.6 Å². The zero-order valence-electron chi connectivity index (χ0n) is 10.7. The van der Waals surface area contributed by atoms with Gasteiger partial charge in [-0.1, -0.05) is 23.7 Å². The maximum Gasteiger partial charge on any atom is 0.224 e. The van der Waals surface area contributed by atoms with Crippen LogP contribution in [0.1, 0.15) is 12.0 Å². The van der Waals surface area contributed by atoms with Crippen LogP contribution in [-0.2, 0) is 11.2 Å². The number of amides is 1. The Kier molecular flexibility index (Phi) is 5.25. The lowest BCUT2D eigenvalue weighted by atomic mass is 10.1. The third-order valence-corrected chi connectivity index (χ3v) is 3.81. The molecular weight excluding hydrogens is 387 g/mol. The summed E-state index contributed by atoms with van der Waals surface area (Å²) in [5.41, 5.74) is 8.08. The van der Waals surface area contributed by atoms with Crippen LogP contribution in [0.25, 0.3) is 0 Å². The molecule has 2 aromatic rings. The van der Waals surface area contributed by atoms with Crippen molar-refractivity contribution >= 4 is 51.5 Å². The van der Waals surface area contributed by atoms with Crippen LogP contribution in [0.5, 0.6) is 0 Å². The Balaban J connectivity index is 1.90. The third kappa shape index (κ3) is 4.38. The van der Waals surface area contributed by atoms with Crippen molar-refractivity contribution in [3.63, 3.8) is 0 Å². The molecule has 3 nitrogen and oxygen atoms in total. The predicted octanol–water partition coefficient (Wildman–Crippen LogP) is 4.10. The van der Waals surface area contributed by atoms with E-state index < -0.39 is 0 Å². The molecule has 104 valence electrons. The van der Waals surface area contributed by atoms with Gasteiger partial charge in [0.2, 0.25) is 5.91 Å². The number of rotatable bonds is 4. The normalized spacial score (nSPS) is 10.3. The van der Waals surface area contributed by atoms with E-state index in [-0.39, 0.29) is 5.91 Å². The maximum absolute atomic E-state index is 11.9. The molecule has 2 rings (SSSR count). The molecule has 0 radical (unpaired) electrons. The van der Waals surface area contributed by atoms with Crippen molar-refractivity contribution in [2.45, 2.75) is 12.8 Å². The van der Waals surface area contributed by atoms with Gasteiger partial charge < -0.3 is 11.1 Å². The number of nitrogens with two attached hydrogens (primary N) is 1. The molecule has 0 aliphatic carbocycles. The van der Waals surface area contributed by atoms with Gasteiger partial charge >= 0.3 is 0 Å². The first kappa shape index (κ1) is 15.1. The average molecular weight is 401 g/mol. The Morgan fingerprint density at radius 1 is 1.20 bits per heavy atom. The van der Waals surface area contributed by atoms with Crippen molar-refractivity contribution in [1.82, 2.24) is 0 Å². The lowest BCUT2D eigenvalue weighted by molar-refractivity contribution is -0.116. The molecule has 0 bridgehead atoms. The summed E-state index contributed by atoms with van der Waals surface area (Å²) in [6.45, 7) is 0. The van der Waals surface area contributed by atoms with Gasteiger partial charge in [-0.25, -0.2) is 0 Å². The minimum Gasteiger partial charge on any atom is -0.399 e. The molecule has 3 N–H and O–H groups in total. The molecule has 0 heterocycles. The summed E-state index contributed by atoms with van der Waals surface area (Å²) in [6.07, 6.45) is 1.08. The fraction of sp³-hybridized carbons (Fsp3) is 0.133. The number of aryl methyl sites for hydroxylation is 1. The van der Waals surface area contributed by atoms with E-state index in [0.717, 1.165) is 14.8 Å². The fourth-order valence-corrected chi connectivity index (χ4v) is 2.65. The predicted molar refractivity (Wildman–Crippen MR) is 92.0 cm³/mol. The summed E-state index contributed by atoms with van der Waals surface area (Å²) in [6, 6.07) is 13.1. The van der Waals surface area contributed by atoms with Crippen LogP contribution < -0.4 is 11.1 Å². The van der Waals surface area contributed by atoms with Gasteiger partial charge in [-0.15, -0.1) is 0 Å². The molecule has 0 aliphatic rings. The number of nitrogens with one attached hydrogen (secondary N) is 1. The number of carbonyl (C=O) groups excluding carboxylic acids is 1. The van der Waals surface area contributed by atoms with Gasteiger partial charge in [-0.2, -0.15) is 0 Å². The number of halogens is 2. The van der Waals surface area contributed by atoms with E-state index in [2.05, 4.69) is 27.9 Å². The molecular formula is C15H14ClIN2O. The van der Waals surface area contributed by atoms with Crippen LogP contribution in [0.4, 0.5) is 11.4 Å². The largest absolute Gasteiger partial charge is 0.399 e. The molecule has 0 atom stereocenters. The van der Waals surface area contributed by atoms with Gasteiger partial charge in [0, 0.05) is 15.7 Å². The topological polar surface area (TPSA) is 55.1 Å². The molecule has 0 aliphatic heterocycles. The van der Waals surface area contributed by atoms with Crippen molar-refractivity contribution in [3.05, 3.63) is 56.6 Å². The summed E-state index contributed by atoms with van der Waals surface area (Å²) in [5, 5.41) is 3.37. The summed E-state index contributed by atoms with van der Waals surface area (Å²) in [4.78, 5) is 11.9. The van der Waals surface area contributed by atoms with Gasteiger partial charge in [0.05, 0.1) is 10.7 Å². The number of hydrogen-bond acceptors (Lipinski definition) is 2. The molecule has 1 amide bonds. The van der Waals surface area contributed by atoms with Crippen LogP contribution in [0.3, 0.4) is 0 Å². The Labute approximate surface area is 136 Å². The SMILES string of the molecule is Nc1ccc(CCC(=O)Nc2ccc(I)cc2Cl)cc1. The molecule has 20 heavy (non-hydrogen) atoms. The number of anilines is 2. The van der Waals surface area contributed by atoms with Gasteiger partial charge in [0.1, 0.15) is 0 Å². The van der Waals surface area contributed by atoms with Crippen molar-refractivity contribution in [1.29, 1.82) is 0 Å². The van der Waals surface area contributed by atoms with Gasteiger partial charge in [-0.05, 0) is 64.9 Å². The zero-order chi connectivity index (χ0) is 14.5. The Morgan fingerprint density at radius 3 is 2.55 bits per heavy atom. The number of benzene rings is 2. The highest BCUT2D eigenvalue weighted by molar-refractivity contribution is 14.1. The molecule has 0 aromatic heterocycles. The van der Waals surface area contributed by atoms with E-state index in [1.807, 2.05) is 42.5 Å². The second-order valence-electron chi connectivity index (χ2n) is 4.41. The standard InChI is InChI=1S/C15H14ClIN2O/c16-13-9-11(17)4-7-14(13)19-15(20)8-3-10-1-5-12(18)6-2-10/h1-2,4-7,9H,3,8,18H2,(H,19,20). The van der Waals surface area contributed by atoms with Crippen LogP contribution >= 0.6 is 34.2 Å². The van der Waals surface area contributed by atoms with E-state index >= 15 is 0 Å². The van der Waals surface area contributed by atoms with Crippen LogP contribution in [-0.4, -0.2) is 5.91 Å². The first-order valence-corrected chi connectivity index (χ1v) is 7.59. The summed E-state index contributed by atoms with van der Waals surface area (Å²) in [7, 11) is 0. The molecule has 0 saturated heterocycles. The fourth-order valence-electron chi connectivity index (χ4n) is 1.75. The third-order valence-electron chi connectivity index (χ3n) is 2.83. The van der Waals surface area contributed by atoms with E-state index in [1.165, 1.54) is 0 Å². The first-order chi connectivity index (χ1) is 9.54. The first-order valence-electron chi connectivity index (χ1n) is 6.14. The van der Waals surface area contributed by atoms with Crippen molar-refractivity contribution < 1.29 is 4.79 Å². The second kappa shape index (κ2) is 6.95. The van der Waals surface area contributed by atoms with Gasteiger partial charge in [0.15, 0.2) is 0 Å². The summed E-state index contributed by atoms with van der Waals surface area (Å²) < 4.78 is 1.03. The smallest absolute Gasteiger partial charge is 0.224 e. The molecule has 0 fully saturated rings. The minimum absolute atomic E-state index is 0.0510. The Hall–Kier alpha value is -1.27. The van der Waals surface area contributed by atoms with Crippen molar-refractivity contribution in [2.75, 3.05) is 11.1 Å². The highest BCUT2D eigenvalue weighted by Crippen LogP contribution is 2.24. The zero-order valence-corrected chi connectivity index (χ0v) is 13.6. The molecule has 0 saturated carbocycles. The van der Waals surface area contributed by atoms with E-state index in [1.54, 1.807) is 0 Å². The van der Waals surface area contributed by atoms with Gasteiger partial charge in [-0.3, -0.25) is 4.79 Å². The average Bonchev–Trinajstić information content (AvgIpc) is 2.41. The monoisotopic (exact) mass is 400 g/mol. The van der Waals surface area contributed by atoms with Crippen LogP contribution in [0.2, 0.25) is 5.02 Å². The van der Waals surface area contributed by atoms with Crippen LogP contribution in [0.15, 0.2) is 42.5 Å². The molecule has 2 aromatic carbocycles. The summed E-state index contributed by atoms with van der Waals surface area (Å²) in [5.74, 6) is -0.0510. The highest BCUT2D eigenvalue weighted by atomic mass is 127. The van der Waals surface area contributed by atoms with Gasteiger partial charge in [0.25, 0.3) is 0 Å². The number of hydrogen-bond donors (Lipinski definition) is 2. The number of carbonyl (C=O) groups is 1. The lowest BCUT2D eigenvalue weighted by Gasteiger charge is -2.07. The van der Waals surface area contributed by atoms with Crippen molar-refractivity contribution in [3.8, 4) is 0 Å². The minimum atomic E-state index is -0.0510. The molecule has 0 unspecified atom stereocenters. The van der Waals surface area contributed by atoms with Crippen LogP contribution in [0, 0.1) is 3.57 Å². The molecule has 5 heteroatoms.